The molecule has 3 heteroatoms. The van der Waals surface area contributed by atoms with Gasteiger partial charge in [-0.05, 0) is 27.0 Å². The van der Waals surface area contributed by atoms with E-state index >= 15 is 0 Å². The number of hydrogen-bond acceptors (Lipinski definition) is 3. The van der Waals surface area contributed by atoms with E-state index in [2.05, 4.69) is 18.7 Å². The smallest absolute Gasteiger partial charge is 0.120 e. The van der Waals surface area contributed by atoms with E-state index in [-0.39, 0.29) is 6.04 Å². The molecule has 1 aromatic carbocycles. The second-order valence-corrected chi connectivity index (χ2v) is 4.20. The fraction of sp³-hybridized carbons (Fsp3) is 0.538. The fourth-order valence-corrected chi connectivity index (χ4v) is 1.80. The van der Waals surface area contributed by atoms with Crippen LogP contribution in [0.3, 0.4) is 0 Å². The maximum atomic E-state index is 9.78. The monoisotopic (exact) mass is 223 g/mol. The van der Waals surface area contributed by atoms with Gasteiger partial charge in [-0.15, -0.1) is 0 Å². The molecule has 0 saturated carbocycles. The number of nitrogens with zero attached hydrogens (tertiary/aromatic N) is 1. The number of aromatic hydroxyl groups is 1. The van der Waals surface area contributed by atoms with E-state index in [1.807, 2.05) is 25.2 Å². The van der Waals surface area contributed by atoms with E-state index in [0.717, 1.165) is 5.56 Å². The van der Waals surface area contributed by atoms with Crippen molar-refractivity contribution in [2.75, 3.05) is 20.8 Å². The predicted octanol–water partition coefficient (Wildman–Crippen LogP) is 2.42. The quantitative estimate of drug-likeness (QED) is 0.832. The number of hydrogen-bond donors (Lipinski definition) is 1. The zero-order valence-electron chi connectivity index (χ0n) is 10.5. The molecular formula is C13H21NO2. The van der Waals surface area contributed by atoms with Crippen LogP contribution in [0.5, 0.6) is 5.75 Å². The topological polar surface area (TPSA) is 32.7 Å². The van der Waals surface area contributed by atoms with Gasteiger partial charge in [-0.2, -0.15) is 0 Å². The van der Waals surface area contributed by atoms with Crippen LogP contribution in [0.4, 0.5) is 0 Å². The molecule has 0 aromatic heterocycles. The molecule has 1 aromatic rings. The molecule has 0 fully saturated rings. The molecule has 0 aliphatic carbocycles. The van der Waals surface area contributed by atoms with E-state index in [1.54, 1.807) is 13.2 Å². The first kappa shape index (κ1) is 13.0. The highest BCUT2D eigenvalue weighted by Gasteiger charge is 2.19. The van der Waals surface area contributed by atoms with Crippen LogP contribution in [0.25, 0.3) is 0 Å². The van der Waals surface area contributed by atoms with Gasteiger partial charge in [0.2, 0.25) is 0 Å². The number of phenolic OH excluding ortho intramolecular Hbond substituents is 1. The summed E-state index contributed by atoms with van der Waals surface area (Å²) in [6.07, 6.45) is 0. The maximum absolute atomic E-state index is 9.78. The molecule has 1 N–H and O–H groups in total. The number of ether oxygens (including phenoxy) is 1. The van der Waals surface area contributed by atoms with Crippen molar-refractivity contribution >= 4 is 0 Å². The van der Waals surface area contributed by atoms with Gasteiger partial charge in [0.05, 0.1) is 6.61 Å². The molecule has 1 rings (SSSR count). The Hall–Kier alpha value is -1.06. The van der Waals surface area contributed by atoms with E-state index < -0.39 is 0 Å². The van der Waals surface area contributed by atoms with Crippen molar-refractivity contribution in [2.24, 2.45) is 0 Å². The van der Waals surface area contributed by atoms with Crippen LogP contribution in [0, 0.1) is 0 Å². The minimum atomic E-state index is 0.173. The van der Waals surface area contributed by atoms with Gasteiger partial charge in [0.25, 0.3) is 0 Å². The molecule has 0 radical (unpaired) electrons. The van der Waals surface area contributed by atoms with E-state index in [9.17, 15) is 5.11 Å². The summed E-state index contributed by atoms with van der Waals surface area (Å²) in [5.74, 6) is 0.353. The van der Waals surface area contributed by atoms with Gasteiger partial charge in [-0.1, -0.05) is 18.2 Å². The van der Waals surface area contributed by atoms with Crippen LogP contribution in [0.15, 0.2) is 24.3 Å². The normalized spacial score (nSPS) is 15.1. The molecule has 0 amide bonds. The summed E-state index contributed by atoms with van der Waals surface area (Å²) in [6.45, 7) is 4.88. The Kier molecular flexibility index (Phi) is 4.77. The molecule has 0 saturated heterocycles. The SMILES string of the molecule is COCC(C)N(C)C(C)c1ccccc1O. The molecule has 3 nitrogen and oxygen atoms in total. The van der Waals surface area contributed by atoms with Crippen LogP contribution >= 0.6 is 0 Å². The van der Waals surface area contributed by atoms with Gasteiger partial charge < -0.3 is 9.84 Å². The maximum Gasteiger partial charge on any atom is 0.120 e. The third kappa shape index (κ3) is 2.97. The summed E-state index contributed by atoms with van der Waals surface area (Å²) in [6, 6.07) is 7.95. The van der Waals surface area contributed by atoms with Crippen molar-refractivity contribution in [2.45, 2.75) is 25.9 Å². The highest BCUT2D eigenvalue weighted by atomic mass is 16.5. The highest BCUT2D eigenvalue weighted by Crippen LogP contribution is 2.28. The predicted molar refractivity (Wildman–Crippen MR) is 65.6 cm³/mol. The van der Waals surface area contributed by atoms with Crippen LogP contribution < -0.4 is 0 Å². The molecule has 16 heavy (non-hydrogen) atoms. The molecule has 90 valence electrons. The molecule has 0 aliphatic rings. The largest absolute Gasteiger partial charge is 0.508 e. The summed E-state index contributed by atoms with van der Waals surface area (Å²) in [4.78, 5) is 2.19. The van der Waals surface area contributed by atoms with Crippen molar-refractivity contribution in [1.29, 1.82) is 0 Å². The molecule has 2 unspecified atom stereocenters. The molecular weight excluding hydrogens is 202 g/mol. The number of para-hydroxylation sites is 1. The minimum Gasteiger partial charge on any atom is -0.508 e. The summed E-state index contributed by atoms with van der Waals surface area (Å²) in [5.41, 5.74) is 0.952. The molecule has 0 heterocycles. The van der Waals surface area contributed by atoms with Gasteiger partial charge in [0, 0.05) is 24.8 Å². The Bertz CT molecular complexity index is 327. The number of rotatable bonds is 5. The van der Waals surface area contributed by atoms with E-state index in [4.69, 9.17) is 4.74 Å². The lowest BCUT2D eigenvalue weighted by molar-refractivity contribution is 0.0932. The van der Waals surface area contributed by atoms with Crippen molar-refractivity contribution in [3.05, 3.63) is 29.8 Å². The molecule has 0 spiro atoms. The van der Waals surface area contributed by atoms with Gasteiger partial charge in [-0.3, -0.25) is 4.90 Å². The van der Waals surface area contributed by atoms with Gasteiger partial charge in [-0.25, -0.2) is 0 Å². The highest BCUT2D eigenvalue weighted by molar-refractivity contribution is 5.34. The van der Waals surface area contributed by atoms with E-state index in [1.165, 1.54) is 0 Å². The number of phenols is 1. The summed E-state index contributed by atoms with van der Waals surface area (Å²) < 4.78 is 5.14. The average Bonchev–Trinajstić information content (AvgIpc) is 2.28. The Balaban J connectivity index is 2.77. The first-order valence-corrected chi connectivity index (χ1v) is 5.56. The fourth-order valence-electron chi connectivity index (χ4n) is 1.80. The number of likely N-dealkylation sites (N-methyl/N-ethyl adjacent to an activating group) is 1. The first-order valence-electron chi connectivity index (χ1n) is 5.56. The van der Waals surface area contributed by atoms with Crippen molar-refractivity contribution in [3.63, 3.8) is 0 Å². The van der Waals surface area contributed by atoms with E-state index in [0.29, 0.717) is 18.4 Å². The van der Waals surface area contributed by atoms with Crippen LogP contribution in [0.2, 0.25) is 0 Å². The first-order chi connectivity index (χ1) is 7.57. The Labute approximate surface area is 97.7 Å². The molecule has 0 aliphatic heterocycles. The molecule has 2 atom stereocenters. The number of methoxy groups -OCH3 is 1. The Morgan fingerprint density at radius 2 is 1.94 bits per heavy atom. The summed E-state index contributed by atoms with van der Waals surface area (Å²) in [7, 11) is 3.75. The van der Waals surface area contributed by atoms with Crippen molar-refractivity contribution in [1.82, 2.24) is 4.90 Å². The minimum absolute atomic E-state index is 0.173. The third-order valence-electron chi connectivity index (χ3n) is 3.10. The van der Waals surface area contributed by atoms with Crippen LogP contribution in [0.1, 0.15) is 25.5 Å². The zero-order valence-corrected chi connectivity index (χ0v) is 10.5. The number of benzene rings is 1. The zero-order chi connectivity index (χ0) is 12.1. The Morgan fingerprint density at radius 3 is 2.50 bits per heavy atom. The van der Waals surface area contributed by atoms with Crippen LogP contribution in [-0.2, 0) is 4.74 Å². The second kappa shape index (κ2) is 5.87. The lowest BCUT2D eigenvalue weighted by Gasteiger charge is -2.30. The summed E-state index contributed by atoms with van der Waals surface area (Å²) in [5, 5.41) is 9.78. The average molecular weight is 223 g/mol. The lowest BCUT2D eigenvalue weighted by Crippen LogP contribution is -2.34. The summed E-state index contributed by atoms with van der Waals surface area (Å²) >= 11 is 0. The van der Waals surface area contributed by atoms with Crippen molar-refractivity contribution < 1.29 is 9.84 Å². The van der Waals surface area contributed by atoms with Gasteiger partial charge in [0.15, 0.2) is 0 Å². The van der Waals surface area contributed by atoms with Crippen molar-refractivity contribution in [3.8, 4) is 5.75 Å². The van der Waals surface area contributed by atoms with Gasteiger partial charge >= 0.3 is 0 Å². The third-order valence-corrected chi connectivity index (χ3v) is 3.10. The standard InChI is InChI=1S/C13H21NO2/c1-10(9-16-4)14(3)11(2)12-7-5-6-8-13(12)15/h5-8,10-11,15H,9H2,1-4H3. The Morgan fingerprint density at radius 1 is 1.31 bits per heavy atom. The van der Waals surface area contributed by atoms with Crippen LogP contribution in [-0.4, -0.2) is 36.8 Å². The second-order valence-electron chi connectivity index (χ2n) is 4.20. The van der Waals surface area contributed by atoms with Gasteiger partial charge in [0.1, 0.15) is 5.75 Å². The lowest BCUT2D eigenvalue weighted by atomic mass is 10.0. The molecule has 0 bridgehead atoms.